The standard InChI is InChI=1S/C26H24/c1-17-14-21-9-12-24-23-11-8-20(19-6-4-3-5-7-19)16-22(23)10-13-25(24)26(21)15-18(17)2/h3-9,11-15,18,20H,10,16H2,1-2H3/t18?,20-/m1/s1. The first-order valence-corrected chi connectivity index (χ1v) is 9.69. The molecule has 0 heteroatoms. The van der Waals surface area contributed by atoms with Gasteiger partial charge in [0.2, 0.25) is 0 Å². The summed E-state index contributed by atoms with van der Waals surface area (Å²) < 4.78 is 0. The zero-order valence-electron chi connectivity index (χ0n) is 15.5. The third-order valence-electron chi connectivity index (χ3n) is 6.25. The Kier molecular flexibility index (Phi) is 3.60. The number of fused-ring (bicyclic) bond motifs is 4. The summed E-state index contributed by atoms with van der Waals surface area (Å²) in [5.41, 5.74) is 8.73. The molecule has 0 saturated heterocycles. The fourth-order valence-electron chi connectivity index (χ4n) is 4.58. The lowest BCUT2D eigenvalue weighted by Crippen LogP contribution is -2.34. The Morgan fingerprint density at radius 2 is 1.81 bits per heavy atom. The molecule has 0 radical (unpaired) electrons. The van der Waals surface area contributed by atoms with Crippen LogP contribution in [0.1, 0.15) is 49.3 Å². The fourth-order valence-corrected chi connectivity index (χ4v) is 4.58. The average molecular weight is 336 g/mol. The van der Waals surface area contributed by atoms with Crippen molar-refractivity contribution in [3.63, 3.8) is 0 Å². The summed E-state index contributed by atoms with van der Waals surface area (Å²) in [6.45, 7) is 4.54. The Hall–Kier alpha value is -2.60. The molecule has 26 heavy (non-hydrogen) atoms. The summed E-state index contributed by atoms with van der Waals surface area (Å²) in [6.07, 6.45) is 14.3. The van der Waals surface area contributed by atoms with Gasteiger partial charge in [-0.15, -0.1) is 0 Å². The van der Waals surface area contributed by atoms with Gasteiger partial charge in [-0.1, -0.05) is 90.9 Å². The van der Waals surface area contributed by atoms with Crippen LogP contribution in [0.25, 0.3) is 23.8 Å². The molecule has 128 valence electrons. The zero-order valence-corrected chi connectivity index (χ0v) is 15.5. The van der Waals surface area contributed by atoms with Crippen molar-refractivity contribution in [3.8, 4) is 0 Å². The van der Waals surface area contributed by atoms with E-state index >= 15 is 0 Å². The molecule has 0 spiro atoms. The Bertz CT molecular complexity index is 1090. The normalized spacial score (nSPS) is 23.2. The van der Waals surface area contributed by atoms with E-state index in [0.29, 0.717) is 11.8 Å². The van der Waals surface area contributed by atoms with Crippen LogP contribution in [-0.2, 0) is 0 Å². The average Bonchev–Trinajstić information content (AvgIpc) is 2.69. The highest BCUT2D eigenvalue weighted by atomic mass is 14.3. The van der Waals surface area contributed by atoms with E-state index in [1.165, 1.54) is 38.3 Å². The molecule has 0 saturated carbocycles. The summed E-state index contributed by atoms with van der Waals surface area (Å²) in [7, 11) is 0. The molecule has 0 aromatic heterocycles. The van der Waals surface area contributed by atoms with Gasteiger partial charge in [-0.3, -0.25) is 0 Å². The summed E-state index contributed by atoms with van der Waals surface area (Å²) in [4.78, 5) is 0. The first kappa shape index (κ1) is 15.6. The topological polar surface area (TPSA) is 0 Å². The van der Waals surface area contributed by atoms with E-state index < -0.39 is 0 Å². The second-order valence-corrected chi connectivity index (χ2v) is 7.88. The van der Waals surface area contributed by atoms with Crippen molar-refractivity contribution in [2.75, 3.05) is 0 Å². The Balaban J connectivity index is 1.58. The van der Waals surface area contributed by atoms with Crippen molar-refractivity contribution in [2.24, 2.45) is 5.92 Å². The molecule has 0 heterocycles. The van der Waals surface area contributed by atoms with Crippen molar-refractivity contribution in [2.45, 2.75) is 32.6 Å². The lowest BCUT2D eigenvalue weighted by atomic mass is 9.78. The monoisotopic (exact) mass is 336 g/mol. The molecule has 2 aromatic carbocycles. The van der Waals surface area contributed by atoms with Crippen LogP contribution in [0.15, 0.2) is 65.8 Å². The van der Waals surface area contributed by atoms with Crippen LogP contribution in [0.3, 0.4) is 0 Å². The maximum atomic E-state index is 2.46. The second-order valence-electron chi connectivity index (χ2n) is 7.88. The van der Waals surface area contributed by atoms with E-state index in [4.69, 9.17) is 0 Å². The first-order chi connectivity index (χ1) is 12.7. The molecule has 5 rings (SSSR count). The van der Waals surface area contributed by atoms with E-state index in [0.717, 1.165) is 12.8 Å². The fraction of sp³-hybridized carbons (Fsp3) is 0.231. The minimum absolute atomic E-state index is 0.514. The predicted octanol–water partition coefficient (Wildman–Crippen LogP) is 5.20. The molecule has 0 aliphatic heterocycles. The van der Waals surface area contributed by atoms with Crippen molar-refractivity contribution in [3.05, 3.63) is 92.9 Å². The van der Waals surface area contributed by atoms with Crippen molar-refractivity contribution >= 4 is 23.8 Å². The molecule has 0 bridgehead atoms. The molecule has 0 amide bonds. The molecule has 0 fully saturated rings. The molecule has 0 N–H and O–H groups in total. The third kappa shape index (κ3) is 2.44. The highest BCUT2D eigenvalue weighted by Gasteiger charge is 2.22. The van der Waals surface area contributed by atoms with Crippen LogP contribution in [0.4, 0.5) is 0 Å². The maximum Gasteiger partial charge on any atom is 0.00589 e. The number of allylic oxidation sites excluding steroid dienone is 5. The highest BCUT2D eigenvalue weighted by molar-refractivity contribution is 5.83. The van der Waals surface area contributed by atoms with Gasteiger partial charge >= 0.3 is 0 Å². The van der Waals surface area contributed by atoms with E-state index in [9.17, 15) is 0 Å². The van der Waals surface area contributed by atoms with Gasteiger partial charge < -0.3 is 0 Å². The van der Waals surface area contributed by atoms with Gasteiger partial charge in [0.25, 0.3) is 0 Å². The molecular formula is C26H24. The molecule has 2 aromatic rings. The van der Waals surface area contributed by atoms with Crippen LogP contribution >= 0.6 is 0 Å². The Labute approximate surface area is 155 Å². The van der Waals surface area contributed by atoms with Crippen LogP contribution < -0.4 is 10.4 Å². The summed E-state index contributed by atoms with van der Waals surface area (Å²) in [6, 6.07) is 15.5. The predicted molar refractivity (Wildman–Crippen MR) is 112 cm³/mol. The molecular weight excluding hydrogens is 312 g/mol. The SMILES string of the molecule is CC1=Cc2ccc3c(c2=CC1C)=CCC1=C3C=C[C@@H](c2ccccc2)C1. The minimum atomic E-state index is 0.514. The van der Waals surface area contributed by atoms with Crippen molar-refractivity contribution < 1.29 is 0 Å². The van der Waals surface area contributed by atoms with Gasteiger partial charge in [0.05, 0.1) is 0 Å². The van der Waals surface area contributed by atoms with Gasteiger partial charge in [-0.05, 0) is 58.4 Å². The van der Waals surface area contributed by atoms with Crippen LogP contribution in [0.5, 0.6) is 0 Å². The minimum Gasteiger partial charge on any atom is -0.0761 e. The van der Waals surface area contributed by atoms with Crippen LogP contribution in [0.2, 0.25) is 0 Å². The number of benzene rings is 2. The molecule has 0 nitrogen and oxygen atoms in total. The summed E-state index contributed by atoms with van der Waals surface area (Å²) >= 11 is 0. The van der Waals surface area contributed by atoms with Gasteiger partial charge in [-0.25, -0.2) is 0 Å². The molecule has 2 atom stereocenters. The molecule has 3 aliphatic rings. The zero-order chi connectivity index (χ0) is 17.7. The maximum absolute atomic E-state index is 2.46. The molecule has 1 unspecified atom stereocenters. The van der Waals surface area contributed by atoms with Gasteiger partial charge in [0, 0.05) is 5.92 Å². The van der Waals surface area contributed by atoms with Crippen molar-refractivity contribution in [1.82, 2.24) is 0 Å². The van der Waals surface area contributed by atoms with Gasteiger partial charge in [0.15, 0.2) is 0 Å². The number of hydrogen-bond donors (Lipinski definition) is 0. The van der Waals surface area contributed by atoms with Crippen LogP contribution in [0, 0.1) is 5.92 Å². The Morgan fingerprint density at radius 1 is 0.962 bits per heavy atom. The molecule has 3 aliphatic carbocycles. The van der Waals surface area contributed by atoms with E-state index in [1.54, 1.807) is 5.57 Å². The lowest BCUT2D eigenvalue weighted by Gasteiger charge is -2.26. The largest absolute Gasteiger partial charge is 0.0761 e. The van der Waals surface area contributed by atoms with Gasteiger partial charge in [-0.2, -0.15) is 0 Å². The van der Waals surface area contributed by atoms with Crippen molar-refractivity contribution in [1.29, 1.82) is 0 Å². The van der Waals surface area contributed by atoms with Crippen LogP contribution in [-0.4, -0.2) is 0 Å². The van der Waals surface area contributed by atoms with E-state index in [1.807, 2.05) is 0 Å². The highest BCUT2D eigenvalue weighted by Crippen LogP contribution is 2.37. The quantitative estimate of drug-likeness (QED) is 0.671. The third-order valence-corrected chi connectivity index (χ3v) is 6.25. The Morgan fingerprint density at radius 3 is 2.65 bits per heavy atom. The van der Waals surface area contributed by atoms with E-state index in [2.05, 4.69) is 86.7 Å². The van der Waals surface area contributed by atoms with Gasteiger partial charge in [0.1, 0.15) is 0 Å². The smallest absolute Gasteiger partial charge is 0.00589 e. The van der Waals surface area contributed by atoms with E-state index in [-0.39, 0.29) is 0 Å². The second kappa shape index (κ2) is 5.99. The summed E-state index contributed by atoms with van der Waals surface area (Å²) in [5.74, 6) is 1.04. The summed E-state index contributed by atoms with van der Waals surface area (Å²) in [5, 5.41) is 2.88. The lowest BCUT2D eigenvalue weighted by molar-refractivity contribution is 0.802. The number of hydrogen-bond acceptors (Lipinski definition) is 0. The first-order valence-electron chi connectivity index (χ1n) is 9.69. The number of rotatable bonds is 1.